The number of hydrogen-bond acceptors (Lipinski definition) is 6. The van der Waals surface area contributed by atoms with Crippen LogP contribution in [-0.4, -0.2) is 70.7 Å². The highest BCUT2D eigenvalue weighted by Crippen LogP contribution is 2.53. The van der Waals surface area contributed by atoms with Gasteiger partial charge in [0.2, 0.25) is 5.91 Å². The van der Waals surface area contributed by atoms with Crippen LogP contribution in [-0.2, 0) is 32.2 Å². The average molecular weight is 748 g/mol. The van der Waals surface area contributed by atoms with E-state index in [1.807, 2.05) is 66.7 Å². The second kappa shape index (κ2) is 15.0. The molecule has 1 aliphatic carbocycles. The minimum absolute atomic E-state index is 0.0242. The Morgan fingerprint density at radius 3 is 2.37 bits per heavy atom. The summed E-state index contributed by atoms with van der Waals surface area (Å²) in [4.78, 5) is 28.1. The van der Waals surface area contributed by atoms with Gasteiger partial charge in [-0.15, -0.1) is 0 Å². The molecular weight excluding hydrogens is 695 g/mol. The molecular formula is C43H52F3N3O5. The summed E-state index contributed by atoms with van der Waals surface area (Å²) in [6, 6.07) is 23.0. The quantitative estimate of drug-likeness (QED) is 0.233. The maximum atomic E-state index is 13.1. The summed E-state index contributed by atoms with van der Waals surface area (Å²) in [7, 11) is 0. The lowest BCUT2D eigenvalue weighted by atomic mass is 9.65. The molecule has 2 amide bonds. The average Bonchev–Trinajstić information content (AvgIpc) is 3.72. The maximum Gasteiger partial charge on any atom is 0.471 e. The van der Waals surface area contributed by atoms with Gasteiger partial charge in [-0.1, -0.05) is 88.4 Å². The third-order valence-corrected chi connectivity index (χ3v) is 12.0. The lowest BCUT2D eigenvalue weighted by Crippen LogP contribution is -2.50. The number of fused-ring (bicyclic) bond motifs is 2. The number of halogens is 3. The van der Waals surface area contributed by atoms with E-state index in [1.54, 1.807) is 0 Å². The van der Waals surface area contributed by atoms with Gasteiger partial charge in [-0.3, -0.25) is 14.5 Å². The predicted octanol–water partition coefficient (Wildman–Crippen LogP) is 7.71. The third kappa shape index (κ3) is 8.25. The van der Waals surface area contributed by atoms with Gasteiger partial charge in [0.15, 0.2) is 6.29 Å². The minimum atomic E-state index is -5.02. The van der Waals surface area contributed by atoms with Gasteiger partial charge < -0.3 is 24.8 Å². The van der Waals surface area contributed by atoms with Crippen molar-refractivity contribution in [2.45, 2.75) is 110 Å². The summed E-state index contributed by atoms with van der Waals surface area (Å²) < 4.78 is 53.0. The van der Waals surface area contributed by atoms with Gasteiger partial charge in [-0.2, -0.15) is 13.2 Å². The van der Waals surface area contributed by atoms with Gasteiger partial charge in [-0.25, -0.2) is 0 Å². The number of ether oxygens (including phenoxy) is 2. The van der Waals surface area contributed by atoms with Crippen LogP contribution >= 0.6 is 0 Å². The first kappa shape index (κ1) is 38.5. The van der Waals surface area contributed by atoms with Crippen LogP contribution in [0.2, 0.25) is 0 Å². The zero-order valence-corrected chi connectivity index (χ0v) is 31.6. The Hall–Kier alpha value is -3.77. The van der Waals surface area contributed by atoms with Gasteiger partial charge in [0.25, 0.3) is 0 Å². The van der Waals surface area contributed by atoms with Crippen molar-refractivity contribution in [1.29, 1.82) is 0 Å². The molecule has 290 valence electrons. The molecule has 4 fully saturated rings. The molecule has 2 bridgehead atoms. The van der Waals surface area contributed by atoms with Crippen molar-refractivity contribution in [3.63, 3.8) is 0 Å². The Morgan fingerprint density at radius 2 is 1.65 bits per heavy atom. The largest absolute Gasteiger partial charge is 0.471 e. The number of carbonyl (C=O) groups excluding carboxylic acids is 2. The molecule has 3 heterocycles. The van der Waals surface area contributed by atoms with E-state index >= 15 is 0 Å². The van der Waals surface area contributed by atoms with E-state index in [0.29, 0.717) is 28.2 Å². The van der Waals surface area contributed by atoms with E-state index < -0.39 is 30.3 Å². The number of aliphatic hydroxyl groups excluding tert-OH is 1. The van der Waals surface area contributed by atoms with Crippen LogP contribution in [0.1, 0.15) is 94.4 Å². The molecule has 7 rings (SSSR count). The molecule has 2 unspecified atom stereocenters. The summed E-state index contributed by atoms with van der Waals surface area (Å²) in [5.41, 5.74) is 5.97. The number of nitrogens with zero attached hydrogens (tertiary/aromatic N) is 2. The first-order valence-corrected chi connectivity index (χ1v) is 19.2. The maximum absolute atomic E-state index is 13.1. The molecule has 4 aliphatic rings. The fraction of sp³-hybridized carbons (Fsp3) is 0.535. The number of aliphatic hydroxyl groups is 1. The van der Waals surface area contributed by atoms with Gasteiger partial charge >= 0.3 is 12.1 Å². The van der Waals surface area contributed by atoms with Gasteiger partial charge in [-0.05, 0) is 82.9 Å². The lowest BCUT2D eigenvalue weighted by molar-refractivity contribution is -0.276. The SMILES string of the molecule is C[C@H]1[C@@H](CN2CC3(C)CC2CC(C)(C)C3)O[C@@H](c2cccc(-c3cccc(CNC(=O)[C@@H]4CCCN4C(=O)C(F)(F)F)c3)c2)O[C@H]1c1ccc(CO)cc1. The number of alkyl halides is 3. The predicted molar refractivity (Wildman–Crippen MR) is 199 cm³/mol. The molecule has 2 N–H and O–H groups in total. The molecule has 3 aliphatic heterocycles. The van der Waals surface area contributed by atoms with E-state index in [-0.39, 0.29) is 44.2 Å². The molecule has 3 aromatic rings. The van der Waals surface area contributed by atoms with Crippen LogP contribution in [0, 0.1) is 16.7 Å². The van der Waals surface area contributed by atoms with E-state index in [4.69, 9.17) is 9.47 Å². The van der Waals surface area contributed by atoms with E-state index in [2.05, 4.69) is 44.0 Å². The van der Waals surface area contributed by atoms with Crippen molar-refractivity contribution < 1.29 is 37.3 Å². The van der Waals surface area contributed by atoms with Gasteiger partial charge in [0.1, 0.15) is 6.04 Å². The summed E-state index contributed by atoms with van der Waals surface area (Å²) in [5.74, 6) is -2.50. The van der Waals surface area contributed by atoms with Crippen LogP contribution in [0.5, 0.6) is 0 Å². The second-order valence-electron chi connectivity index (χ2n) is 17.2. The Balaban J connectivity index is 1.09. The van der Waals surface area contributed by atoms with Crippen molar-refractivity contribution in [3.8, 4) is 11.1 Å². The summed E-state index contributed by atoms with van der Waals surface area (Å²) in [5, 5.41) is 12.4. The number of likely N-dealkylation sites (tertiary alicyclic amines) is 2. The monoisotopic (exact) mass is 747 g/mol. The Bertz CT molecular complexity index is 1830. The summed E-state index contributed by atoms with van der Waals surface area (Å²) in [6.45, 7) is 11.3. The summed E-state index contributed by atoms with van der Waals surface area (Å²) >= 11 is 0. The zero-order valence-electron chi connectivity index (χ0n) is 31.6. The number of carbonyl (C=O) groups is 2. The number of benzene rings is 3. The zero-order chi connectivity index (χ0) is 38.4. The first-order chi connectivity index (χ1) is 25.6. The Kier molecular flexibility index (Phi) is 10.7. The first-order valence-electron chi connectivity index (χ1n) is 19.2. The minimum Gasteiger partial charge on any atom is -0.392 e. The van der Waals surface area contributed by atoms with Crippen LogP contribution in [0.3, 0.4) is 0 Å². The number of amides is 2. The molecule has 3 aromatic carbocycles. The topological polar surface area (TPSA) is 91.3 Å². The van der Waals surface area contributed by atoms with Crippen molar-refractivity contribution in [2.24, 2.45) is 16.7 Å². The number of hydrogen-bond donors (Lipinski definition) is 2. The highest BCUT2D eigenvalue weighted by atomic mass is 19.4. The lowest BCUT2D eigenvalue weighted by Gasteiger charge is -2.43. The van der Waals surface area contributed by atoms with Crippen molar-refractivity contribution >= 4 is 11.8 Å². The third-order valence-electron chi connectivity index (χ3n) is 12.0. The van der Waals surface area contributed by atoms with Crippen molar-refractivity contribution in [1.82, 2.24) is 15.1 Å². The fourth-order valence-corrected chi connectivity index (χ4v) is 9.83. The molecule has 11 heteroatoms. The van der Waals surface area contributed by atoms with Crippen molar-refractivity contribution in [3.05, 3.63) is 95.1 Å². The second-order valence-corrected chi connectivity index (χ2v) is 17.2. The smallest absolute Gasteiger partial charge is 0.392 e. The molecule has 8 nitrogen and oxygen atoms in total. The molecule has 3 saturated heterocycles. The van der Waals surface area contributed by atoms with Crippen LogP contribution < -0.4 is 5.32 Å². The molecule has 7 atom stereocenters. The Labute approximate surface area is 316 Å². The summed E-state index contributed by atoms with van der Waals surface area (Å²) in [6.07, 6.45) is -1.81. The fourth-order valence-electron chi connectivity index (χ4n) is 9.83. The van der Waals surface area contributed by atoms with E-state index in [1.165, 1.54) is 19.3 Å². The highest BCUT2D eigenvalue weighted by Gasteiger charge is 2.51. The van der Waals surface area contributed by atoms with Crippen LogP contribution in [0.15, 0.2) is 72.8 Å². The van der Waals surface area contributed by atoms with Crippen molar-refractivity contribution in [2.75, 3.05) is 19.6 Å². The molecule has 1 saturated carbocycles. The molecule has 0 spiro atoms. The number of nitrogens with one attached hydrogen (secondary N) is 1. The van der Waals surface area contributed by atoms with E-state index in [9.17, 15) is 27.9 Å². The normalized spacial score (nSPS) is 29.7. The molecule has 0 aromatic heterocycles. The molecule has 54 heavy (non-hydrogen) atoms. The standard InChI is InChI=1S/C43H52F3N3O5/c1-27-36(23-48-26-42(4)21-34(48)20-41(2,3)25-42)53-39(54-37(27)30-15-13-28(24-50)14-16-30)33-11-6-10-32(19-33)31-9-5-8-29(18-31)22-47-38(51)35-12-7-17-49(35)40(52)43(44,45)46/h5-6,8-11,13-16,18-19,27,34-37,39,50H,7,12,17,20-26H2,1-4H3,(H,47,51)/t27-,34?,35-,36+,37+,39+,42?/m0/s1. The van der Waals surface area contributed by atoms with Gasteiger partial charge in [0, 0.05) is 43.7 Å². The van der Waals surface area contributed by atoms with Crippen LogP contribution in [0.25, 0.3) is 11.1 Å². The number of rotatable bonds is 9. The van der Waals surface area contributed by atoms with Gasteiger partial charge in [0.05, 0.1) is 18.8 Å². The van der Waals surface area contributed by atoms with E-state index in [0.717, 1.165) is 46.5 Å². The Morgan fingerprint density at radius 1 is 0.926 bits per heavy atom. The highest BCUT2D eigenvalue weighted by molar-refractivity contribution is 5.90. The molecule has 0 radical (unpaired) electrons. The van der Waals surface area contributed by atoms with Crippen LogP contribution in [0.4, 0.5) is 13.2 Å².